The zero-order chi connectivity index (χ0) is 11.9. The van der Waals surface area contributed by atoms with Crippen LogP contribution >= 0.6 is 0 Å². The van der Waals surface area contributed by atoms with E-state index in [0.29, 0.717) is 6.04 Å². The largest absolute Gasteiger partial charge is 0.379 e. The van der Waals surface area contributed by atoms with E-state index >= 15 is 0 Å². The average Bonchev–Trinajstić information content (AvgIpc) is 2.16. The van der Waals surface area contributed by atoms with Crippen LogP contribution in [-0.2, 0) is 4.74 Å². The molecule has 3 heteroatoms. The third kappa shape index (κ3) is 7.77. The molecule has 0 radical (unpaired) electrons. The summed E-state index contributed by atoms with van der Waals surface area (Å²) in [7, 11) is 3.93. The summed E-state index contributed by atoms with van der Waals surface area (Å²) in [5, 5.41) is 3.44. The Kier molecular flexibility index (Phi) is 7.14. The summed E-state index contributed by atoms with van der Waals surface area (Å²) in [6.45, 7) is 11.8. The van der Waals surface area contributed by atoms with Gasteiger partial charge in [-0.3, -0.25) is 0 Å². The summed E-state index contributed by atoms with van der Waals surface area (Å²) in [5.41, 5.74) is -0.00303. The molecule has 0 rings (SSSR count). The van der Waals surface area contributed by atoms with Crippen molar-refractivity contribution in [2.45, 2.75) is 45.8 Å². The van der Waals surface area contributed by atoms with Gasteiger partial charge in [0.1, 0.15) is 0 Å². The molecule has 0 aliphatic heterocycles. The number of likely N-dealkylation sites (N-methyl/N-ethyl adjacent to an activating group) is 1. The number of rotatable bonds is 8. The minimum absolute atomic E-state index is 0.00303. The molecule has 0 aliphatic rings. The van der Waals surface area contributed by atoms with E-state index in [0.717, 1.165) is 26.1 Å². The second-order valence-corrected chi connectivity index (χ2v) is 5.04. The lowest BCUT2D eigenvalue weighted by Gasteiger charge is -2.24. The molecule has 0 saturated carbocycles. The fraction of sp³-hybridized carbons (Fsp3) is 1.00. The molecule has 0 aromatic carbocycles. The smallest absolute Gasteiger partial charge is 0.0634 e. The highest BCUT2D eigenvalue weighted by molar-refractivity contribution is 4.69. The van der Waals surface area contributed by atoms with Crippen molar-refractivity contribution in [3.8, 4) is 0 Å². The lowest BCUT2D eigenvalue weighted by molar-refractivity contribution is 0.0158. The van der Waals surface area contributed by atoms with Crippen LogP contribution in [0, 0.1) is 0 Å². The summed E-state index contributed by atoms with van der Waals surface area (Å²) < 4.78 is 5.35. The van der Waals surface area contributed by atoms with Crippen LogP contribution in [-0.4, -0.2) is 50.3 Å². The van der Waals surface area contributed by atoms with Crippen molar-refractivity contribution in [3.63, 3.8) is 0 Å². The quantitative estimate of drug-likeness (QED) is 0.625. The summed E-state index contributed by atoms with van der Waals surface area (Å²) in [6, 6.07) is 0.627. The van der Waals surface area contributed by atoms with E-state index in [1.165, 1.54) is 0 Å². The third-order valence-corrected chi connectivity index (χ3v) is 2.98. The molecule has 92 valence electrons. The van der Waals surface area contributed by atoms with Crippen molar-refractivity contribution >= 4 is 0 Å². The SMILES string of the molecule is COC(C)(C)CCNCCN(C)C(C)C. The summed E-state index contributed by atoms with van der Waals surface area (Å²) >= 11 is 0. The first-order chi connectivity index (χ1) is 6.89. The first kappa shape index (κ1) is 14.9. The lowest BCUT2D eigenvalue weighted by Crippen LogP contribution is -2.35. The molecular formula is C12H28N2O. The zero-order valence-corrected chi connectivity index (χ0v) is 11.3. The predicted molar refractivity (Wildman–Crippen MR) is 66.3 cm³/mol. The Morgan fingerprint density at radius 2 is 1.87 bits per heavy atom. The Morgan fingerprint density at radius 3 is 2.33 bits per heavy atom. The van der Waals surface area contributed by atoms with E-state index in [9.17, 15) is 0 Å². The van der Waals surface area contributed by atoms with Crippen LogP contribution in [0.5, 0.6) is 0 Å². The highest BCUT2D eigenvalue weighted by atomic mass is 16.5. The van der Waals surface area contributed by atoms with Gasteiger partial charge in [-0.1, -0.05) is 0 Å². The van der Waals surface area contributed by atoms with Gasteiger partial charge in [0.2, 0.25) is 0 Å². The van der Waals surface area contributed by atoms with Crippen LogP contribution in [0.1, 0.15) is 34.1 Å². The van der Waals surface area contributed by atoms with Gasteiger partial charge in [-0.25, -0.2) is 0 Å². The fourth-order valence-corrected chi connectivity index (χ4v) is 1.13. The minimum atomic E-state index is -0.00303. The Hall–Kier alpha value is -0.120. The van der Waals surface area contributed by atoms with E-state index in [1.807, 2.05) is 0 Å². The minimum Gasteiger partial charge on any atom is -0.379 e. The van der Waals surface area contributed by atoms with E-state index in [2.05, 4.69) is 45.0 Å². The normalized spacial score (nSPS) is 12.8. The molecule has 0 fully saturated rings. The van der Waals surface area contributed by atoms with Gasteiger partial charge >= 0.3 is 0 Å². The standard InChI is InChI=1S/C12H28N2O/c1-11(2)14(5)10-9-13-8-7-12(3,4)15-6/h11,13H,7-10H2,1-6H3. The second-order valence-electron chi connectivity index (χ2n) is 5.04. The van der Waals surface area contributed by atoms with Gasteiger partial charge < -0.3 is 15.0 Å². The van der Waals surface area contributed by atoms with Crippen molar-refractivity contribution in [1.29, 1.82) is 0 Å². The molecule has 0 spiro atoms. The van der Waals surface area contributed by atoms with Gasteiger partial charge in [-0.15, -0.1) is 0 Å². The Morgan fingerprint density at radius 1 is 1.27 bits per heavy atom. The number of nitrogens with zero attached hydrogens (tertiary/aromatic N) is 1. The van der Waals surface area contributed by atoms with Gasteiger partial charge in [0.25, 0.3) is 0 Å². The lowest BCUT2D eigenvalue weighted by atomic mass is 10.1. The van der Waals surface area contributed by atoms with Crippen LogP contribution in [0.4, 0.5) is 0 Å². The van der Waals surface area contributed by atoms with Crippen molar-refractivity contribution < 1.29 is 4.74 Å². The van der Waals surface area contributed by atoms with Crippen molar-refractivity contribution in [3.05, 3.63) is 0 Å². The molecule has 15 heavy (non-hydrogen) atoms. The maximum atomic E-state index is 5.35. The first-order valence-electron chi connectivity index (χ1n) is 5.85. The van der Waals surface area contributed by atoms with Crippen molar-refractivity contribution in [1.82, 2.24) is 10.2 Å². The van der Waals surface area contributed by atoms with Crippen molar-refractivity contribution in [2.24, 2.45) is 0 Å². The molecule has 0 heterocycles. The Bertz CT molecular complexity index is 158. The number of nitrogens with one attached hydrogen (secondary N) is 1. The first-order valence-corrected chi connectivity index (χ1v) is 5.85. The highest BCUT2D eigenvalue weighted by Crippen LogP contribution is 2.11. The zero-order valence-electron chi connectivity index (χ0n) is 11.3. The molecule has 0 aromatic rings. The molecule has 0 atom stereocenters. The van der Waals surface area contributed by atoms with E-state index in [4.69, 9.17) is 4.74 Å². The molecule has 0 saturated heterocycles. The average molecular weight is 216 g/mol. The molecule has 1 N–H and O–H groups in total. The third-order valence-electron chi connectivity index (χ3n) is 2.98. The number of hydrogen-bond donors (Lipinski definition) is 1. The van der Waals surface area contributed by atoms with Crippen LogP contribution < -0.4 is 5.32 Å². The number of hydrogen-bond acceptors (Lipinski definition) is 3. The molecule has 0 aromatic heterocycles. The van der Waals surface area contributed by atoms with E-state index in [1.54, 1.807) is 7.11 Å². The van der Waals surface area contributed by atoms with Gasteiger partial charge in [0, 0.05) is 26.2 Å². The van der Waals surface area contributed by atoms with E-state index in [-0.39, 0.29) is 5.60 Å². The van der Waals surface area contributed by atoms with Crippen LogP contribution in [0.15, 0.2) is 0 Å². The molecule has 0 aliphatic carbocycles. The molecular weight excluding hydrogens is 188 g/mol. The van der Waals surface area contributed by atoms with Gasteiger partial charge in [-0.05, 0) is 47.7 Å². The van der Waals surface area contributed by atoms with Crippen molar-refractivity contribution in [2.75, 3.05) is 33.8 Å². The summed E-state index contributed by atoms with van der Waals surface area (Å²) in [6.07, 6.45) is 1.05. The Labute approximate surface area is 95.2 Å². The fourth-order valence-electron chi connectivity index (χ4n) is 1.13. The number of methoxy groups -OCH3 is 1. The highest BCUT2D eigenvalue weighted by Gasteiger charge is 2.14. The maximum absolute atomic E-state index is 5.35. The number of ether oxygens (including phenoxy) is 1. The van der Waals surface area contributed by atoms with Crippen LogP contribution in [0.25, 0.3) is 0 Å². The van der Waals surface area contributed by atoms with Gasteiger partial charge in [0.15, 0.2) is 0 Å². The van der Waals surface area contributed by atoms with E-state index < -0.39 is 0 Å². The van der Waals surface area contributed by atoms with Gasteiger partial charge in [0.05, 0.1) is 5.60 Å². The molecule has 0 bridgehead atoms. The monoisotopic (exact) mass is 216 g/mol. The summed E-state index contributed by atoms with van der Waals surface area (Å²) in [5.74, 6) is 0. The molecule has 0 unspecified atom stereocenters. The predicted octanol–water partition coefficient (Wildman–Crippen LogP) is 1.73. The topological polar surface area (TPSA) is 24.5 Å². The molecule has 3 nitrogen and oxygen atoms in total. The molecule has 0 amide bonds. The Balaban J connectivity index is 3.40. The van der Waals surface area contributed by atoms with Gasteiger partial charge in [-0.2, -0.15) is 0 Å². The maximum Gasteiger partial charge on any atom is 0.0634 e. The van der Waals surface area contributed by atoms with Crippen LogP contribution in [0.3, 0.4) is 0 Å². The van der Waals surface area contributed by atoms with Crippen LogP contribution in [0.2, 0.25) is 0 Å². The second kappa shape index (κ2) is 7.20. The summed E-state index contributed by atoms with van der Waals surface area (Å²) in [4.78, 5) is 2.34.